The van der Waals surface area contributed by atoms with Gasteiger partial charge in [0.25, 0.3) is 0 Å². The van der Waals surface area contributed by atoms with Gasteiger partial charge in [-0.1, -0.05) is 37.3 Å². The summed E-state index contributed by atoms with van der Waals surface area (Å²) in [6.45, 7) is 4.67. The Morgan fingerprint density at radius 2 is 1.79 bits per heavy atom. The Balaban J connectivity index is 2.15. The highest BCUT2D eigenvalue weighted by Gasteiger charge is 2.17. The summed E-state index contributed by atoms with van der Waals surface area (Å²) in [5.74, 6) is 0. The SMILES string of the molecule is CCN(Cc1ccncc1)C(CN)c1ccccc1. The Morgan fingerprint density at radius 3 is 2.37 bits per heavy atom. The fourth-order valence-corrected chi connectivity index (χ4v) is 2.34. The minimum atomic E-state index is 0.263. The van der Waals surface area contributed by atoms with E-state index in [1.807, 2.05) is 18.5 Å². The van der Waals surface area contributed by atoms with Crippen molar-refractivity contribution in [3.63, 3.8) is 0 Å². The Hall–Kier alpha value is -1.71. The highest BCUT2D eigenvalue weighted by atomic mass is 15.2. The van der Waals surface area contributed by atoms with Crippen molar-refractivity contribution in [3.05, 3.63) is 66.0 Å². The highest BCUT2D eigenvalue weighted by molar-refractivity contribution is 5.20. The number of rotatable bonds is 6. The predicted molar refractivity (Wildman–Crippen MR) is 78.6 cm³/mol. The number of hydrogen-bond acceptors (Lipinski definition) is 3. The third kappa shape index (κ3) is 3.63. The second-order valence-electron chi connectivity index (χ2n) is 4.58. The zero-order valence-electron chi connectivity index (χ0n) is 11.4. The fraction of sp³-hybridized carbons (Fsp3) is 0.312. The average molecular weight is 255 g/mol. The minimum Gasteiger partial charge on any atom is -0.329 e. The number of nitrogens with zero attached hydrogens (tertiary/aromatic N) is 2. The number of nitrogens with two attached hydrogens (primary N) is 1. The lowest BCUT2D eigenvalue weighted by atomic mass is 10.0. The molecule has 0 spiro atoms. The van der Waals surface area contributed by atoms with Gasteiger partial charge in [0.1, 0.15) is 0 Å². The third-order valence-corrected chi connectivity index (χ3v) is 3.39. The van der Waals surface area contributed by atoms with E-state index in [0.717, 1.165) is 13.1 Å². The van der Waals surface area contributed by atoms with E-state index in [1.165, 1.54) is 11.1 Å². The summed E-state index contributed by atoms with van der Waals surface area (Å²) in [4.78, 5) is 6.45. The van der Waals surface area contributed by atoms with Crippen molar-refractivity contribution < 1.29 is 0 Å². The molecule has 100 valence electrons. The van der Waals surface area contributed by atoms with E-state index < -0.39 is 0 Å². The van der Waals surface area contributed by atoms with Crippen molar-refractivity contribution >= 4 is 0 Å². The molecule has 1 heterocycles. The molecule has 1 atom stereocenters. The van der Waals surface area contributed by atoms with Crippen LogP contribution in [0, 0.1) is 0 Å². The van der Waals surface area contributed by atoms with Crippen molar-refractivity contribution in [2.45, 2.75) is 19.5 Å². The van der Waals surface area contributed by atoms with Crippen molar-refractivity contribution in [2.75, 3.05) is 13.1 Å². The zero-order valence-corrected chi connectivity index (χ0v) is 11.4. The first-order chi connectivity index (χ1) is 9.35. The van der Waals surface area contributed by atoms with Gasteiger partial charge in [0.05, 0.1) is 0 Å². The van der Waals surface area contributed by atoms with Gasteiger partial charge < -0.3 is 5.73 Å². The number of pyridine rings is 1. The van der Waals surface area contributed by atoms with Crippen LogP contribution >= 0.6 is 0 Å². The van der Waals surface area contributed by atoms with E-state index in [2.05, 4.69) is 53.2 Å². The van der Waals surface area contributed by atoms with Gasteiger partial charge in [-0.2, -0.15) is 0 Å². The second-order valence-corrected chi connectivity index (χ2v) is 4.58. The zero-order chi connectivity index (χ0) is 13.5. The molecule has 0 aliphatic carbocycles. The van der Waals surface area contributed by atoms with Gasteiger partial charge in [0.15, 0.2) is 0 Å². The van der Waals surface area contributed by atoms with Crippen molar-refractivity contribution in [2.24, 2.45) is 5.73 Å². The number of hydrogen-bond donors (Lipinski definition) is 1. The topological polar surface area (TPSA) is 42.2 Å². The molecule has 0 saturated carbocycles. The van der Waals surface area contributed by atoms with Crippen molar-refractivity contribution in [1.82, 2.24) is 9.88 Å². The molecule has 2 rings (SSSR count). The molecule has 19 heavy (non-hydrogen) atoms. The summed E-state index contributed by atoms with van der Waals surface area (Å²) in [5, 5.41) is 0. The van der Waals surface area contributed by atoms with Crippen molar-refractivity contribution in [1.29, 1.82) is 0 Å². The fourth-order valence-electron chi connectivity index (χ4n) is 2.34. The minimum absolute atomic E-state index is 0.263. The summed E-state index contributed by atoms with van der Waals surface area (Å²) >= 11 is 0. The summed E-state index contributed by atoms with van der Waals surface area (Å²) in [7, 11) is 0. The second kappa shape index (κ2) is 7.02. The molecule has 0 fully saturated rings. The number of benzene rings is 1. The molecular weight excluding hydrogens is 234 g/mol. The quantitative estimate of drug-likeness (QED) is 0.862. The number of likely N-dealkylation sites (N-methyl/N-ethyl adjacent to an activating group) is 1. The summed E-state index contributed by atoms with van der Waals surface area (Å²) in [5.41, 5.74) is 8.53. The summed E-state index contributed by atoms with van der Waals surface area (Å²) in [6.07, 6.45) is 3.67. The summed E-state index contributed by atoms with van der Waals surface area (Å²) in [6, 6.07) is 14.8. The van der Waals surface area contributed by atoms with Crippen LogP contribution in [0.25, 0.3) is 0 Å². The number of aromatic nitrogens is 1. The lowest BCUT2D eigenvalue weighted by Gasteiger charge is -2.30. The molecular formula is C16H21N3. The Morgan fingerprint density at radius 1 is 1.11 bits per heavy atom. The van der Waals surface area contributed by atoms with Crippen LogP contribution < -0.4 is 5.73 Å². The average Bonchev–Trinajstić information content (AvgIpc) is 2.49. The molecule has 0 bridgehead atoms. The van der Waals surface area contributed by atoms with E-state index in [-0.39, 0.29) is 6.04 Å². The Kier molecular flexibility index (Phi) is 5.07. The van der Waals surface area contributed by atoms with Gasteiger partial charge in [0.2, 0.25) is 0 Å². The third-order valence-electron chi connectivity index (χ3n) is 3.39. The lowest BCUT2D eigenvalue weighted by molar-refractivity contribution is 0.203. The highest BCUT2D eigenvalue weighted by Crippen LogP contribution is 2.21. The molecule has 1 aromatic heterocycles. The van der Waals surface area contributed by atoms with E-state index in [1.54, 1.807) is 0 Å². The van der Waals surface area contributed by atoms with Crippen LogP contribution in [0.5, 0.6) is 0 Å². The molecule has 0 amide bonds. The normalized spacial score (nSPS) is 12.6. The van der Waals surface area contributed by atoms with E-state index in [4.69, 9.17) is 5.73 Å². The molecule has 3 nitrogen and oxygen atoms in total. The van der Waals surface area contributed by atoms with Gasteiger partial charge >= 0.3 is 0 Å². The van der Waals surface area contributed by atoms with Gasteiger partial charge in [-0.3, -0.25) is 9.88 Å². The first-order valence-electron chi connectivity index (χ1n) is 6.73. The largest absolute Gasteiger partial charge is 0.329 e. The molecule has 0 saturated heterocycles. The summed E-state index contributed by atoms with van der Waals surface area (Å²) < 4.78 is 0. The maximum Gasteiger partial charge on any atom is 0.0473 e. The van der Waals surface area contributed by atoms with Crippen molar-refractivity contribution in [3.8, 4) is 0 Å². The van der Waals surface area contributed by atoms with Crippen LogP contribution in [-0.2, 0) is 6.54 Å². The standard InChI is InChI=1S/C16H21N3/c1-2-19(13-14-8-10-18-11-9-14)16(12-17)15-6-4-3-5-7-15/h3-11,16H,2,12-13,17H2,1H3. The molecule has 0 aliphatic rings. The lowest BCUT2D eigenvalue weighted by Crippen LogP contribution is -2.33. The van der Waals surface area contributed by atoms with Crippen LogP contribution in [-0.4, -0.2) is 23.0 Å². The molecule has 1 aromatic carbocycles. The van der Waals surface area contributed by atoms with Gasteiger partial charge in [-0.25, -0.2) is 0 Å². The molecule has 1 unspecified atom stereocenters. The molecule has 0 radical (unpaired) electrons. The van der Waals surface area contributed by atoms with Crippen LogP contribution in [0.1, 0.15) is 24.1 Å². The first-order valence-corrected chi connectivity index (χ1v) is 6.73. The smallest absolute Gasteiger partial charge is 0.0473 e. The maximum absolute atomic E-state index is 5.98. The van der Waals surface area contributed by atoms with E-state index in [0.29, 0.717) is 6.54 Å². The van der Waals surface area contributed by atoms with Gasteiger partial charge in [-0.05, 0) is 29.8 Å². The van der Waals surface area contributed by atoms with E-state index >= 15 is 0 Å². The monoisotopic (exact) mass is 255 g/mol. The van der Waals surface area contributed by atoms with Crippen LogP contribution in [0.3, 0.4) is 0 Å². The van der Waals surface area contributed by atoms with Gasteiger partial charge in [0, 0.05) is 31.5 Å². The molecule has 2 aromatic rings. The molecule has 0 aliphatic heterocycles. The predicted octanol–water partition coefficient (Wildman–Crippen LogP) is 2.60. The van der Waals surface area contributed by atoms with Gasteiger partial charge in [-0.15, -0.1) is 0 Å². The van der Waals surface area contributed by atoms with Crippen LogP contribution in [0.4, 0.5) is 0 Å². The maximum atomic E-state index is 5.98. The van der Waals surface area contributed by atoms with Crippen LogP contribution in [0.15, 0.2) is 54.9 Å². The molecule has 2 N–H and O–H groups in total. The Labute approximate surface area is 115 Å². The van der Waals surface area contributed by atoms with Crippen LogP contribution in [0.2, 0.25) is 0 Å². The molecule has 3 heteroatoms. The van der Waals surface area contributed by atoms with E-state index in [9.17, 15) is 0 Å². The first kappa shape index (κ1) is 13.7. The Bertz CT molecular complexity index is 470.